The fraction of sp³-hybridized carbons (Fsp3) is 0.357. The Morgan fingerprint density at radius 1 is 1.35 bits per heavy atom. The number of ether oxygens (including phenoxy) is 1. The van der Waals surface area contributed by atoms with Crippen molar-refractivity contribution in [2.45, 2.75) is 13.3 Å². The van der Waals surface area contributed by atoms with Gasteiger partial charge in [0.2, 0.25) is 0 Å². The van der Waals surface area contributed by atoms with Gasteiger partial charge in [-0.05, 0) is 18.6 Å². The normalized spacial score (nSPS) is 11.4. The van der Waals surface area contributed by atoms with Crippen LogP contribution in [0, 0.1) is 0 Å². The highest BCUT2D eigenvalue weighted by Crippen LogP contribution is 2.20. The van der Waals surface area contributed by atoms with Crippen LogP contribution in [0.1, 0.15) is 18.9 Å². The van der Waals surface area contributed by atoms with Crippen LogP contribution in [0.15, 0.2) is 42.0 Å². The standard InChI is InChI=1S/C14H19N5O/c1-4-9-20-13-8-6-5-7-12(13)14(17-18(2)3)19-11-15-10-16-19/h5-8,10-11H,4,9H2,1-3H3. The van der Waals surface area contributed by atoms with Gasteiger partial charge in [0.25, 0.3) is 0 Å². The first-order valence-corrected chi connectivity index (χ1v) is 6.55. The van der Waals surface area contributed by atoms with E-state index in [2.05, 4.69) is 22.1 Å². The van der Waals surface area contributed by atoms with E-state index in [-0.39, 0.29) is 0 Å². The number of nitrogens with zero attached hydrogens (tertiary/aromatic N) is 5. The lowest BCUT2D eigenvalue weighted by Crippen LogP contribution is -2.20. The van der Waals surface area contributed by atoms with Gasteiger partial charge in [-0.1, -0.05) is 19.1 Å². The molecule has 20 heavy (non-hydrogen) atoms. The van der Waals surface area contributed by atoms with E-state index in [0.29, 0.717) is 12.4 Å². The first-order chi connectivity index (χ1) is 9.72. The number of hydrogen-bond acceptors (Lipinski definition) is 5. The fourth-order valence-corrected chi connectivity index (χ4v) is 1.72. The molecule has 0 atom stereocenters. The van der Waals surface area contributed by atoms with E-state index >= 15 is 0 Å². The molecule has 6 heteroatoms. The summed E-state index contributed by atoms with van der Waals surface area (Å²) in [5, 5.41) is 10.4. The maximum Gasteiger partial charge on any atom is 0.185 e. The predicted molar refractivity (Wildman–Crippen MR) is 77.9 cm³/mol. The van der Waals surface area contributed by atoms with Gasteiger partial charge in [-0.2, -0.15) is 10.2 Å². The summed E-state index contributed by atoms with van der Waals surface area (Å²) >= 11 is 0. The van der Waals surface area contributed by atoms with Crippen molar-refractivity contribution < 1.29 is 4.74 Å². The van der Waals surface area contributed by atoms with Crippen molar-refractivity contribution >= 4 is 5.84 Å². The van der Waals surface area contributed by atoms with Crippen molar-refractivity contribution in [3.63, 3.8) is 0 Å². The van der Waals surface area contributed by atoms with Crippen molar-refractivity contribution in [3.8, 4) is 5.75 Å². The van der Waals surface area contributed by atoms with Gasteiger partial charge in [0.05, 0.1) is 12.2 Å². The summed E-state index contributed by atoms with van der Waals surface area (Å²) in [6, 6.07) is 7.81. The van der Waals surface area contributed by atoms with Gasteiger partial charge < -0.3 is 9.75 Å². The number of para-hydroxylation sites is 1. The molecule has 0 saturated carbocycles. The second kappa shape index (κ2) is 6.70. The van der Waals surface area contributed by atoms with E-state index in [9.17, 15) is 0 Å². The molecule has 2 aromatic rings. The van der Waals surface area contributed by atoms with Crippen LogP contribution in [-0.2, 0) is 0 Å². The van der Waals surface area contributed by atoms with Crippen LogP contribution in [-0.4, -0.2) is 46.3 Å². The van der Waals surface area contributed by atoms with Gasteiger partial charge in [-0.15, -0.1) is 0 Å². The highest BCUT2D eigenvalue weighted by atomic mass is 16.5. The van der Waals surface area contributed by atoms with Crippen molar-refractivity contribution in [1.29, 1.82) is 0 Å². The summed E-state index contributed by atoms with van der Waals surface area (Å²) < 4.78 is 7.42. The summed E-state index contributed by atoms with van der Waals surface area (Å²) in [5.74, 6) is 1.48. The number of benzene rings is 1. The zero-order chi connectivity index (χ0) is 14.4. The Bertz CT molecular complexity index is 563. The second-order valence-electron chi connectivity index (χ2n) is 4.46. The van der Waals surface area contributed by atoms with Gasteiger partial charge in [0.15, 0.2) is 5.84 Å². The highest BCUT2D eigenvalue weighted by molar-refractivity contribution is 6.01. The smallest absolute Gasteiger partial charge is 0.185 e. The Labute approximate surface area is 118 Å². The van der Waals surface area contributed by atoms with Crippen LogP contribution in [0.5, 0.6) is 5.75 Å². The number of rotatable bonds is 5. The molecule has 6 nitrogen and oxygen atoms in total. The van der Waals surface area contributed by atoms with Crippen LogP contribution < -0.4 is 4.74 Å². The lowest BCUT2D eigenvalue weighted by Gasteiger charge is -2.14. The lowest BCUT2D eigenvalue weighted by molar-refractivity contribution is 0.316. The molecule has 0 saturated heterocycles. The Hall–Kier alpha value is -2.37. The molecule has 0 aliphatic rings. The molecular weight excluding hydrogens is 254 g/mol. The van der Waals surface area contributed by atoms with Crippen LogP contribution in [0.2, 0.25) is 0 Å². The zero-order valence-corrected chi connectivity index (χ0v) is 12.0. The quantitative estimate of drug-likeness (QED) is 0.474. The minimum atomic E-state index is 0.670. The third-order valence-electron chi connectivity index (χ3n) is 2.52. The summed E-state index contributed by atoms with van der Waals surface area (Å²) in [6.07, 6.45) is 4.07. The van der Waals surface area contributed by atoms with E-state index in [1.54, 1.807) is 16.0 Å². The van der Waals surface area contributed by atoms with E-state index in [4.69, 9.17) is 4.74 Å². The topological polar surface area (TPSA) is 55.5 Å². The van der Waals surface area contributed by atoms with Crippen molar-refractivity contribution in [2.24, 2.45) is 5.10 Å². The molecule has 0 bridgehead atoms. The zero-order valence-electron chi connectivity index (χ0n) is 12.0. The largest absolute Gasteiger partial charge is 0.493 e. The predicted octanol–water partition coefficient (Wildman–Crippen LogP) is 1.84. The summed E-state index contributed by atoms with van der Waals surface area (Å²) in [6.45, 7) is 2.75. The molecule has 1 aromatic heterocycles. The van der Waals surface area contributed by atoms with Crippen LogP contribution in [0.25, 0.3) is 0 Å². The number of hydrogen-bond donors (Lipinski definition) is 0. The highest BCUT2D eigenvalue weighted by Gasteiger charge is 2.13. The average Bonchev–Trinajstić information content (AvgIpc) is 2.97. The summed E-state index contributed by atoms with van der Waals surface area (Å²) in [5.41, 5.74) is 0.889. The van der Waals surface area contributed by atoms with Gasteiger partial charge in [-0.25, -0.2) is 9.67 Å². The Kier molecular flexibility index (Phi) is 4.70. The van der Waals surface area contributed by atoms with Crippen molar-refractivity contribution in [1.82, 2.24) is 19.8 Å². The lowest BCUT2D eigenvalue weighted by atomic mass is 10.2. The Balaban J connectivity index is 2.44. The molecule has 0 fully saturated rings. The fourth-order valence-electron chi connectivity index (χ4n) is 1.72. The summed E-state index contributed by atoms with van der Waals surface area (Å²) in [7, 11) is 3.74. The van der Waals surface area contributed by atoms with Crippen molar-refractivity contribution in [3.05, 3.63) is 42.5 Å². The molecule has 0 aliphatic heterocycles. The molecule has 2 rings (SSSR count). The molecule has 0 unspecified atom stereocenters. The minimum Gasteiger partial charge on any atom is -0.493 e. The van der Waals surface area contributed by atoms with Crippen molar-refractivity contribution in [2.75, 3.05) is 20.7 Å². The molecule has 0 radical (unpaired) electrons. The van der Waals surface area contributed by atoms with Crippen LogP contribution in [0.4, 0.5) is 0 Å². The van der Waals surface area contributed by atoms with Crippen LogP contribution in [0.3, 0.4) is 0 Å². The second-order valence-corrected chi connectivity index (χ2v) is 4.46. The minimum absolute atomic E-state index is 0.670. The molecule has 0 aliphatic carbocycles. The first kappa shape index (κ1) is 14.0. The van der Waals surface area contributed by atoms with Gasteiger partial charge in [0.1, 0.15) is 18.4 Å². The maximum atomic E-state index is 5.79. The molecule has 106 valence electrons. The third kappa shape index (κ3) is 3.34. The molecule has 0 N–H and O–H groups in total. The molecule has 0 spiro atoms. The Morgan fingerprint density at radius 2 is 2.15 bits per heavy atom. The summed E-state index contributed by atoms with van der Waals surface area (Å²) in [4.78, 5) is 3.98. The van der Waals surface area contributed by atoms with E-state index in [1.165, 1.54) is 6.33 Å². The first-order valence-electron chi connectivity index (χ1n) is 6.55. The van der Waals surface area contributed by atoms with Gasteiger partial charge in [0, 0.05) is 14.1 Å². The number of hydrazone groups is 1. The number of aromatic nitrogens is 3. The maximum absolute atomic E-state index is 5.79. The van der Waals surface area contributed by atoms with E-state index < -0.39 is 0 Å². The van der Waals surface area contributed by atoms with Crippen LogP contribution >= 0.6 is 0 Å². The van der Waals surface area contributed by atoms with E-state index in [0.717, 1.165) is 17.7 Å². The molecular formula is C14H19N5O. The van der Waals surface area contributed by atoms with Gasteiger partial charge in [-0.3, -0.25) is 0 Å². The van der Waals surface area contributed by atoms with E-state index in [1.807, 2.05) is 38.4 Å². The third-order valence-corrected chi connectivity index (χ3v) is 2.52. The SMILES string of the molecule is CCCOc1ccccc1C(=NN(C)C)n1cncn1. The average molecular weight is 273 g/mol. The molecule has 1 aromatic carbocycles. The monoisotopic (exact) mass is 273 g/mol. The Morgan fingerprint density at radius 3 is 2.80 bits per heavy atom. The molecule has 1 heterocycles. The van der Waals surface area contributed by atoms with Gasteiger partial charge >= 0.3 is 0 Å². The molecule has 0 amide bonds.